The third-order valence-corrected chi connectivity index (χ3v) is 7.06. The van der Waals surface area contributed by atoms with Crippen LogP contribution in [0.25, 0.3) is 0 Å². The number of anilines is 2. The molecule has 3 heterocycles. The van der Waals surface area contributed by atoms with Crippen LogP contribution in [0.3, 0.4) is 0 Å². The third kappa shape index (κ3) is 4.84. The van der Waals surface area contributed by atoms with Crippen LogP contribution < -0.4 is 14.8 Å². The number of aryl methyl sites for hydroxylation is 1. The van der Waals surface area contributed by atoms with E-state index < -0.39 is 5.82 Å². The van der Waals surface area contributed by atoms with Gasteiger partial charge < -0.3 is 24.3 Å². The molecule has 1 aromatic heterocycles. The molecule has 2 unspecified atom stereocenters. The number of nitrogens with zero attached hydrogens (tertiary/aromatic N) is 3. The fraction of sp³-hybridized carbons (Fsp3) is 0.560. The largest absolute Gasteiger partial charge is 0.489 e. The highest BCUT2D eigenvalue weighted by molar-refractivity contribution is 5.70. The van der Waals surface area contributed by atoms with Crippen LogP contribution in [-0.4, -0.2) is 65.1 Å². The van der Waals surface area contributed by atoms with E-state index in [0.717, 1.165) is 24.8 Å². The maximum absolute atomic E-state index is 14.4. The maximum atomic E-state index is 14.4. The summed E-state index contributed by atoms with van der Waals surface area (Å²) in [4.78, 5) is 23.3. The first-order chi connectivity index (χ1) is 16.8. The molecule has 9 nitrogen and oxygen atoms in total. The number of amides is 1. The predicted octanol–water partition coefficient (Wildman–Crippen LogP) is 4.37. The number of nitrogens with one attached hydrogen (secondary N) is 1. The number of morpholine rings is 1. The van der Waals surface area contributed by atoms with Gasteiger partial charge in [0.2, 0.25) is 5.75 Å². The number of rotatable bonds is 6. The van der Waals surface area contributed by atoms with Crippen LogP contribution in [-0.2, 0) is 9.47 Å². The Balaban J connectivity index is 1.30. The zero-order valence-electron chi connectivity index (χ0n) is 20.3. The number of carbonyl (C=O) groups is 1. The van der Waals surface area contributed by atoms with Gasteiger partial charge in [0.15, 0.2) is 5.82 Å². The summed E-state index contributed by atoms with van der Waals surface area (Å²) in [6.07, 6.45) is 4.92. The molecule has 5 rings (SSSR count). The molecule has 10 heteroatoms. The van der Waals surface area contributed by atoms with Gasteiger partial charge in [-0.15, -0.1) is 0 Å². The molecule has 1 N–H and O–H groups in total. The molecule has 3 aliphatic rings. The number of carbonyl (C=O) groups excluding carboxylic acids is 1. The van der Waals surface area contributed by atoms with Crippen molar-refractivity contribution in [3.8, 4) is 11.6 Å². The SMILES string of the molecule is COc1c(Nc2ccc(C)cc2F)ncnc1OC1CC2COCC(C1)N2C(=O)OC1(C)CCC1. The molecule has 188 valence electrons. The lowest BCUT2D eigenvalue weighted by Crippen LogP contribution is -2.62. The van der Waals surface area contributed by atoms with Gasteiger partial charge in [-0.1, -0.05) is 6.07 Å². The Labute approximate surface area is 203 Å². The molecule has 0 radical (unpaired) electrons. The molecule has 2 saturated heterocycles. The second-order valence-electron chi connectivity index (χ2n) is 9.80. The van der Waals surface area contributed by atoms with E-state index in [-0.39, 0.29) is 47.2 Å². The molecule has 2 atom stereocenters. The van der Waals surface area contributed by atoms with Crippen LogP contribution in [0.15, 0.2) is 24.5 Å². The van der Waals surface area contributed by atoms with E-state index in [9.17, 15) is 9.18 Å². The molecular formula is C25H31FN4O5. The van der Waals surface area contributed by atoms with Gasteiger partial charge in [0.05, 0.1) is 38.1 Å². The molecule has 1 amide bonds. The summed E-state index contributed by atoms with van der Waals surface area (Å²) in [6.45, 7) is 4.68. The molecule has 1 aliphatic carbocycles. The lowest BCUT2D eigenvalue weighted by molar-refractivity contribution is -0.114. The van der Waals surface area contributed by atoms with Gasteiger partial charge in [0, 0.05) is 12.8 Å². The smallest absolute Gasteiger partial charge is 0.410 e. The van der Waals surface area contributed by atoms with Crippen molar-refractivity contribution >= 4 is 17.6 Å². The van der Waals surface area contributed by atoms with E-state index in [1.54, 1.807) is 12.1 Å². The van der Waals surface area contributed by atoms with Crippen LogP contribution in [0.4, 0.5) is 20.7 Å². The van der Waals surface area contributed by atoms with Crippen molar-refractivity contribution < 1.29 is 28.1 Å². The normalized spacial score (nSPS) is 24.8. The molecule has 2 aromatic rings. The first kappa shape index (κ1) is 23.6. The zero-order chi connectivity index (χ0) is 24.6. The highest BCUT2D eigenvalue weighted by Crippen LogP contribution is 2.39. The van der Waals surface area contributed by atoms with Crippen molar-refractivity contribution in [1.82, 2.24) is 14.9 Å². The van der Waals surface area contributed by atoms with Crippen molar-refractivity contribution in [3.05, 3.63) is 35.9 Å². The third-order valence-electron chi connectivity index (χ3n) is 7.06. The highest BCUT2D eigenvalue weighted by Gasteiger charge is 2.46. The quantitative estimate of drug-likeness (QED) is 0.643. The Hall–Kier alpha value is -3.14. The second kappa shape index (κ2) is 9.49. The van der Waals surface area contributed by atoms with Gasteiger partial charge in [-0.25, -0.2) is 14.2 Å². The summed E-state index contributed by atoms with van der Waals surface area (Å²) in [6, 6.07) is 4.61. The average Bonchev–Trinajstić information content (AvgIpc) is 2.79. The maximum Gasteiger partial charge on any atom is 0.410 e. The van der Waals surface area contributed by atoms with E-state index in [0.29, 0.717) is 31.9 Å². The molecule has 1 saturated carbocycles. The summed E-state index contributed by atoms with van der Waals surface area (Å²) in [5, 5.41) is 2.97. The summed E-state index contributed by atoms with van der Waals surface area (Å²) >= 11 is 0. The van der Waals surface area contributed by atoms with Crippen molar-refractivity contribution in [2.75, 3.05) is 25.6 Å². The highest BCUT2D eigenvalue weighted by atomic mass is 19.1. The van der Waals surface area contributed by atoms with E-state index in [4.69, 9.17) is 18.9 Å². The number of piperidine rings is 1. The summed E-state index contributed by atoms with van der Waals surface area (Å²) in [7, 11) is 1.49. The van der Waals surface area contributed by atoms with Crippen LogP contribution in [0, 0.1) is 12.7 Å². The van der Waals surface area contributed by atoms with Gasteiger partial charge in [0.25, 0.3) is 5.88 Å². The fourth-order valence-electron chi connectivity index (χ4n) is 5.02. The van der Waals surface area contributed by atoms with E-state index in [1.165, 1.54) is 19.5 Å². The van der Waals surface area contributed by atoms with E-state index in [2.05, 4.69) is 15.3 Å². The minimum absolute atomic E-state index is 0.143. The standard InChI is InChI=1S/C25H31FN4O5/c1-15-5-6-20(19(26)9-15)29-22-21(32-3)23(28-14-27-22)34-18-10-16-12-33-13-17(11-18)30(16)24(31)35-25(2)7-4-8-25/h5-6,9,14,16-18H,4,7-8,10-13H2,1-3H3,(H,27,28,29). The Morgan fingerprint density at radius 2 is 1.97 bits per heavy atom. The fourth-order valence-corrected chi connectivity index (χ4v) is 5.02. The number of benzene rings is 1. The number of aromatic nitrogens is 2. The molecule has 35 heavy (non-hydrogen) atoms. The topological polar surface area (TPSA) is 95.0 Å². The van der Waals surface area contributed by atoms with Crippen LogP contribution in [0.1, 0.15) is 44.6 Å². The van der Waals surface area contributed by atoms with Gasteiger partial charge in [-0.05, 0) is 50.8 Å². The molecule has 2 aliphatic heterocycles. The van der Waals surface area contributed by atoms with Gasteiger partial charge in [-0.3, -0.25) is 4.90 Å². The number of halogens is 1. The molecule has 2 bridgehead atoms. The minimum atomic E-state index is -0.393. The first-order valence-electron chi connectivity index (χ1n) is 12.0. The van der Waals surface area contributed by atoms with Crippen LogP contribution in [0.5, 0.6) is 11.6 Å². The van der Waals surface area contributed by atoms with Gasteiger partial charge >= 0.3 is 6.09 Å². The van der Waals surface area contributed by atoms with Crippen molar-refractivity contribution in [2.45, 2.75) is 69.7 Å². The first-order valence-corrected chi connectivity index (χ1v) is 12.0. The van der Waals surface area contributed by atoms with Crippen molar-refractivity contribution in [1.29, 1.82) is 0 Å². The predicted molar refractivity (Wildman–Crippen MR) is 126 cm³/mol. The monoisotopic (exact) mass is 486 g/mol. The number of hydrogen-bond donors (Lipinski definition) is 1. The molecular weight excluding hydrogens is 455 g/mol. The van der Waals surface area contributed by atoms with E-state index >= 15 is 0 Å². The molecule has 3 fully saturated rings. The number of hydrogen-bond acceptors (Lipinski definition) is 8. The number of ether oxygens (including phenoxy) is 4. The Morgan fingerprint density at radius 1 is 1.23 bits per heavy atom. The molecule has 0 spiro atoms. The minimum Gasteiger partial charge on any atom is -0.489 e. The summed E-state index contributed by atoms with van der Waals surface area (Å²) in [5.41, 5.74) is 0.740. The number of fused-ring (bicyclic) bond motifs is 2. The Bertz CT molecular complexity index is 1080. The van der Waals surface area contributed by atoms with Gasteiger partial charge in [-0.2, -0.15) is 4.98 Å². The average molecular weight is 487 g/mol. The van der Waals surface area contributed by atoms with Crippen LogP contribution in [0.2, 0.25) is 0 Å². The zero-order valence-corrected chi connectivity index (χ0v) is 20.3. The number of methoxy groups -OCH3 is 1. The lowest BCUT2D eigenvalue weighted by Gasteiger charge is -2.49. The van der Waals surface area contributed by atoms with Crippen molar-refractivity contribution in [2.24, 2.45) is 0 Å². The Morgan fingerprint density at radius 3 is 2.60 bits per heavy atom. The van der Waals surface area contributed by atoms with Crippen LogP contribution >= 0.6 is 0 Å². The summed E-state index contributed by atoms with van der Waals surface area (Å²) in [5.74, 6) is 0.461. The van der Waals surface area contributed by atoms with Gasteiger partial charge in [0.1, 0.15) is 23.8 Å². The second-order valence-corrected chi connectivity index (χ2v) is 9.80. The van der Waals surface area contributed by atoms with E-state index in [1.807, 2.05) is 18.7 Å². The van der Waals surface area contributed by atoms with Crippen molar-refractivity contribution in [3.63, 3.8) is 0 Å². The summed E-state index contributed by atoms with van der Waals surface area (Å²) < 4.78 is 37.7. The Kier molecular flexibility index (Phi) is 6.39. The lowest BCUT2D eigenvalue weighted by atomic mass is 9.82. The molecule has 1 aromatic carbocycles.